The molecule has 29 heavy (non-hydrogen) atoms. The van der Waals surface area contributed by atoms with Crippen molar-refractivity contribution in [2.75, 3.05) is 47.5 Å². The van der Waals surface area contributed by atoms with Crippen LogP contribution >= 0.6 is 0 Å². The molecule has 6 heteroatoms. The molecule has 1 aromatic heterocycles. The SMILES string of the molecule is COc1cc(OC)c(C(c2cnc3ccccc3c2)N2CCNCC2)cc1OC. The largest absolute Gasteiger partial charge is 0.496 e. The van der Waals surface area contributed by atoms with Gasteiger partial charge in [-0.15, -0.1) is 0 Å². The molecule has 1 fully saturated rings. The van der Waals surface area contributed by atoms with Gasteiger partial charge in [0.05, 0.1) is 32.9 Å². The lowest BCUT2D eigenvalue weighted by molar-refractivity contribution is 0.194. The highest BCUT2D eigenvalue weighted by Crippen LogP contribution is 2.42. The van der Waals surface area contributed by atoms with Crippen LogP contribution in [0.2, 0.25) is 0 Å². The topological polar surface area (TPSA) is 55.9 Å². The van der Waals surface area contributed by atoms with Crippen molar-refractivity contribution in [1.82, 2.24) is 15.2 Å². The van der Waals surface area contributed by atoms with E-state index in [1.165, 1.54) is 0 Å². The average molecular weight is 393 g/mol. The first kappa shape index (κ1) is 19.5. The molecule has 0 aliphatic carbocycles. The maximum atomic E-state index is 5.77. The zero-order chi connectivity index (χ0) is 20.2. The van der Waals surface area contributed by atoms with Crippen LogP contribution in [0, 0.1) is 0 Å². The number of rotatable bonds is 6. The molecule has 0 amide bonds. The fraction of sp³-hybridized carbons (Fsp3) is 0.348. The van der Waals surface area contributed by atoms with Gasteiger partial charge in [-0.05, 0) is 23.8 Å². The number of ether oxygens (including phenoxy) is 3. The van der Waals surface area contributed by atoms with E-state index in [0.717, 1.165) is 54.0 Å². The highest BCUT2D eigenvalue weighted by atomic mass is 16.5. The second-order valence-corrected chi connectivity index (χ2v) is 7.10. The normalized spacial score (nSPS) is 15.8. The maximum absolute atomic E-state index is 5.77. The Balaban J connectivity index is 1.88. The molecule has 4 rings (SSSR count). The molecule has 1 aliphatic rings. The van der Waals surface area contributed by atoms with Crippen molar-refractivity contribution in [3.05, 3.63) is 59.8 Å². The average Bonchev–Trinajstić information content (AvgIpc) is 2.79. The molecule has 2 aromatic carbocycles. The van der Waals surface area contributed by atoms with Crippen LogP contribution < -0.4 is 19.5 Å². The minimum atomic E-state index is 0.00367. The van der Waals surface area contributed by atoms with E-state index in [2.05, 4.69) is 22.3 Å². The van der Waals surface area contributed by atoms with Gasteiger partial charge in [0.2, 0.25) is 0 Å². The van der Waals surface area contributed by atoms with Crippen LogP contribution in [0.15, 0.2) is 48.7 Å². The number of piperazine rings is 1. The molecule has 1 N–H and O–H groups in total. The van der Waals surface area contributed by atoms with E-state index in [-0.39, 0.29) is 6.04 Å². The Labute approximate surface area is 171 Å². The Morgan fingerprint density at radius 2 is 1.59 bits per heavy atom. The number of hydrogen-bond donors (Lipinski definition) is 1. The third-order valence-electron chi connectivity index (χ3n) is 5.47. The van der Waals surface area contributed by atoms with Crippen molar-refractivity contribution < 1.29 is 14.2 Å². The first-order valence-corrected chi connectivity index (χ1v) is 9.84. The monoisotopic (exact) mass is 393 g/mol. The minimum absolute atomic E-state index is 0.00367. The number of benzene rings is 2. The summed E-state index contributed by atoms with van der Waals surface area (Å²) in [5.41, 5.74) is 3.18. The van der Waals surface area contributed by atoms with Crippen molar-refractivity contribution in [3.63, 3.8) is 0 Å². The van der Waals surface area contributed by atoms with Gasteiger partial charge in [-0.2, -0.15) is 0 Å². The fourth-order valence-electron chi connectivity index (χ4n) is 4.03. The van der Waals surface area contributed by atoms with Crippen LogP contribution in [0.25, 0.3) is 10.9 Å². The summed E-state index contributed by atoms with van der Waals surface area (Å²) in [6, 6.07) is 14.4. The van der Waals surface area contributed by atoms with E-state index >= 15 is 0 Å². The van der Waals surface area contributed by atoms with Gasteiger partial charge in [-0.25, -0.2) is 0 Å². The summed E-state index contributed by atoms with van der Waals surface area (Å²) in [6.07, 6.45) is 1.98. The molecular formula is C23H27N3O3. The number of pyridine rings is 1. The van der Waals surface area contributed by atoms with Gasteiger partial charge >= 0.3 is 0 Å². The Hall–Kier alpha value is -2.83. The molecular weight excluding hydrogens is 366 g/mol. The van der Waals surface area contributed by atoms with Crippen LogP contribution in [-0.4, -0.2) is 57.4 Å². The molecule has 3 aromatic rings. The van der Waals surface area contributed by atoms with Gasteiger partial charge in [-0.1, -0.05) is 18.2 Å². The van der Waals surface area contributed by atoms with E-state index in [4.69, 9.17) is 19.2 Å². The molecule has 0 spiro atoms. The van der Waals surface area contributed by atoms with E-state index in [9.17, 15) is 0 Å². The summed E-state index contributed by atoms with van der Waals surface area (Å²) in [4.78, 5) is 7.18. The lowest BCUT2D eigenvalue weighted by Gasteiger charge is -2.36. The van der Waals surface area contributed by atoms with Gasteiger partial charge in [0, 0.05) is 49.4 Å². The number of aromatic nitrogens is 1. The molecule has 1 saturated heterocycles. The summed E-state index contributed by atoms with van der Waals surface area (Å²) in [5.74, 6) is 2.13. The molecule has 0 saturated carbocycles. The fourth-order valence-corrected chi connectivity index (χ4v) is 4.03. The van der Waals surface area contributed by atoms with Gasteiger partial charge < -0.3 is 19.5 Å². The van der Waals surface area contributed by atoms with Crippen LogP contribution in [0.4, 0.5) is 0 Å². The summed E-state index contributed by atoms with van der Waals surface area (Å²) in [6.45, 7) is 3.78. The van der Waals surface area contributed by atoms with Crippen molar-refractivity contribution in [2.45, 2.75) is 6.04 Å². The molecule has 0 bridgehead atoms. The Bertz CT molecular complexity index is 986. The Morgan fingerprint density at radius 3 is 2.31 bits per heavy atom. The number of methoxy groups -OCH3 is 3. The van der Waals surface area contributed by atoms with Crippen molar-refractivity contribution >= 4 is 10.9 Å². The zero-order valence-electron chi connectivity index (χ0n) is 17.1. The lowest BCUT2D eigenvalue weighted by Crippen LogP contribution is -2.45. The van der Waals surface area contributed by atoms with Crippen LogP contribution in [0.5, 0.6) is 17.2 Å². The first-order chi connectivity index (χ1) is 14.2. The third kappa shape index (κ3) is 3.86. The molecule has 1 atom stereocenters. The maximum Gasteiger partial charge on any atom is 0.164 e. The molecule has 1 aliphatic heterocycles. The lowest BCUT2D eigenvalue weighted by atomic mass is 9.95. The van der Waals surface area contributed by atoms with Crippen molar-refractivity contribution in [3.8, 4) is 17.2 Å². The van der Waals surface area contributed by atoms with Crippen LogP contribution in [0.3, 0.4) is 0 Å². The number of nitrogens with one attached hydrogen (secondary N) is 1. The van der Waals surface area contributed by atoms with Gasteiger partial charge in [-0.3, -0.25) is 9.88 Å². The summed E-state index contributed by atoms with van der Waals surface area (Å²) in [5, 5.41) is 4.57. The standard InChI is InChI=1S/C23H27N3O3/c1-27-20-14-22(29-3)21(28-2)13-18(20)23(26-10-8-24-9-11-26)17-12-16-6-4-5-7-19(16)25-15-17/h4-7,12-15,23-24H,8-11H2,1-3H3. The first-order valence-electron chi connectivity index (χ1n) is 9.84. The quantitative estimate of drug-likeness (QED) is 0.694. The Kier molecular flexibility index (Phi) is 5.83. The molecule has 0 radical (unpaired) electrons. The number of hydrogen-bond acceptors (Lipinski definition) is 6. The van der Waals surface area contributed by atoms with Crippen molar-refractivity contribution in [2.24, 2.45) is 0 Å². The highest BCUT2D eigenvalue weighted by Gasteiger charge is 2.28. The predicted octanol–water partition coefficient (Wildman–Crippen LogP) is 3.26. The highest BCUT2D eigenvalue weighted by molar-refractivity contribution is 5.79. The number of para-hydroxylation sites is 1. The molecule has 2 heterocycles. The second-order valence-electron chi connectivity index (χ2n) is 7.10. The second kappa shape index (κ2) is 8.68. The molecule has 1 unspecified atom stereocenters. The van der Waals surface area contributed by atoms with E-state index in [1.54, 1.807) is 21.3 Å². The smallest absolute Gasteiger partial charge is 0.164 e. The van der Waals surface area contributed by atoms with Gasteiger partial charge in [0.25, 0.3) is 0 Å². The van der Waals surface area contributed by atoms with E-state index in [1.807, 2.05) is 36.5 Å². The van der Waals surface area contributed by atoms with Gasteiger partial charge in [0.1, 0.15) is 5.75 Å². The summed E-state index contributed by atoms with van der Waals surface area (Å²) >= 11 is 0. The zero-order valence-corrected chi connectivity index (χ0v) is 17.1. The van der Waals surface area contributed by atoms with Crippen molar-refractivity contribution in [1.29, 1.82) is 0 Å². The summed E-state index contributed by atoms with van der Waals surface area (Å²) < 4.78 is 16.8. The predicted molar refractivity (Wildman–Crippen MR) is 114 cm³/mol. The number of fused-ring (bicyclic) bond motifs is 1. The Morgan fingerprint density at radius 1 is 0.897 bits per heavy atom. The third-order valence-corrected chi connectivity index (χ3v) is 5.47. The van der Waals surface area contributed by atoms with Gasteiger partial charge in [0.15, 0.2) is 11.5 Å². The minimum Gasteiger partial charge on any atom is -0.496 e. The van der Waals surface area contributed by atoms with Crippen LogP contribution in [0.1, 0.15) is 17.2 Å². The molecule has 6 nitrogen and oxygen atoms in total. The van der Waals surface area contributed by atoms with Crippen LogP contribution in [-0.2, 0) is 0 Å². The summed E-state index contributed by atoms with van der Waals surface area (Å²) in [7, 11) is 4.99. The van der Waals surface area contributed by atoms with E-state index in [0.29, 0.717) is 11.5 Å². The number of nitrogens with zero attached hydrogens (tertiary/aromatic N) is 2. The van der Waals surface area contributed by atoms with E-state index < -0.39 is 0 Å². The molecule has 152 valence electrons.